The van der Waals surface area contributed by atoms with Crippen molar-refractivity contribution in [2.75, 3.05) is 19.6 Å². The maximum Gasteiger partial charge on any atom is 0.0774 e. The molecule has 1 aliphatic carbocycles. The molecule has 0 amide bonds. The third kappa shape index (κ3) is 3.67. The standard InChI is InChI=1S/C14H28N2O/c1-12(15)13-5-9-16(10-6-13)11-14(17)7-3-2-4-8-14/h12-13,17H,2-11,15H2,1H3. The molecule has 2 rings (SSSR count). The van der Waals surface area contributed by atoms with E-state index >= 15 is 0 Å². The highest BCUT2D eigenvalue weighted by Gasteiger charge is 2.32. The van der Waals surface area contributed by atoms with Crippen LogP contribution in [0.5, 0.6) is 0 Å². The van der Waals surface area contributed by atoms with Crippen LogP contribution in [0.25, 0.3) is 0 Å². The summed E-state index contributed by atoms with van der Waals surface area (Å²) in [7, 11) is 0. The largest absolute Gasteiger partial charge is 0.389 e. The fourth-order valence-corrected chi connectivity index (χ4v) is 3.42. The number of hydrogen-bond acceptors (Lipinski definition) is 3. The van der Waals surface area contributed by atoms with E-state index in [9.17, 15) is 5.11 Å². The summed E-state index contributed by atoms with van der Waals surface area (Å²) in [5.41, 5.74) is 5.57. The highest BCUT2D eigenvalue weighted by atomic mass is 16.3. The van der Waals surface area contributed by atoms with Gasteiger partial charge in [0.1, 0.15) is 0 Å². The second-order valence-corrected chi connectivity index (χ2v) is 6.26. The molecule has 0 aromatic carbocycles. The molecule has 3 heteroatoms. The molecule has 0 aromatic heterocycles. The summed E-state index contributed by atoms with van der Waals surface area (Å²) < 4.78 is 0. The number of β-amino-alcohol motifs (C(OH)–C–C–N with tert-alkyl or cyclic N) is 1. The number of likely N-dealkylation sites (tertiary alicyclic amines) is 1. The number of hydrogen-bond donors (Lipinski definition) is 2. The minimum absolute atomic E-state index is 0.329. The lowest BCUT2D eigenvalue weighted by Gasteiger charge is -2.40. The average Bonchev–Trinajstić information content (AvgIpc) is 2.30. The maximum atomic E-state index is 10.5. The van der Waals surface area contributed by atoms with Gasteiger partial charge in [0.2, 0.25) is 0 Å². The van der Waals surface area contributed by atoms with Crippen LogP contribution in [0.4, 0.5) is 0 Å². The van der Waals surface area contributed by atoms with Gasteiger partial charge < -0.3 is 15.7 Å². The SMILES string of the molecule is CC(N)C1CCN(CC2(O)CCCCC2)CC1. The molecule has 1 atom stereocenters. The van der Waals surface area contributed by atoms with Crippen molar-refractivity contribution in [1.82, 2.24) is 4.90 Å². The van der Waals surface area contributed by atoms with Gasteiger partial charge in [-0.2, -0.15) is 0 Å². The molecule has 1 unspecified atom stereocenters. The Hall–Kier alpha value is -0.120. The first-order valence-corrected chi connectivity index (χ1v) is 7.29. The summed E-state index contributed by atoms with van der Waals surface area (Å²) in [6.07, 6.45) is 8.11. The third-order valence-corrected chi connectivity index (χ3v) is 4.68. The molecule has 2 fully saturated rings. The van der Waals surface area contributed by atoms with E-state index in [1.165, 1.54) is 32.1 Å². The van der Waals surface area contributed by atoms with Gasteiger partial charge in [0.05, 0.1) is 5.60 Å². The lowest BCUT2D eigenvalue weighted by molar-refractivity contribution is -0.0331. The van der Waals surface area contributed by atoms with Crippen LogP contribution in [0, 0.1) is 5.92 Å². The summed E-state index contributed by atoms with van der Waals surface area (Å²) in [6, 6.07) is 0.329. The average molecular weight is 240 g/mol. The predicted octanol–water partition coefficient (Wildman–Crippen LogP) is 1.74. The lowest BCUT2D eigenvalue weighted by Crippen LogP contribution is -2.48. The molecule has 1 saturated carbocycles. The molecular weight excluding hydrogens is 212 g/mol. The number of nitrogens with two attached hydrogens (primary N) is 1. The molecule has 0 aromatic rings. The quantitative estimate of drug-likeness (QED) is 0.790. The molecule has 0 bridgehead atoms. The third-order valence-electron chi connectivity index (χ3n) is 4.68. The molecule has 1 aliphatic heterocycles. The smallest absolute Gasteiger partial charge is 0.0774 e. The zero-order valence-corrected chi connectivity index (χ0v) is 11.2. The van der Waals surface area contributed by atoms with Crippen LogP contribution in [-0.2, 0) is 0 Å². The first-order valence-electron chi connectivity index (χ1n) is 7.29. The molecule has 3 nitrogen and oxygen atoms in total. The zero-order valence-electron chi connectivity index (χ0n) is 11.2. The van der Waals surface area contributed by atoms with Crippen molar-refractivity contribution < 1.29 is 5.11 Å². The topological polar surface area (TPSA) is 49.5 Å². The Kier molecular flexibility index (Phi) is 4.45. The Morgan fingerprint density at radius 1 is 1.24 bits per heavy atom. The Morgan fingerprint density at radius 2 is 1.82 bits per heavy atom. The summed E-state index contributed by atoms with van der Waals surface area (Å²) in [6.45, 7) is 5.25. The van der Waals surface area contributed by atoms with Crippen molar-refractivity contribution in [1.29, 1.82) is 0 Å². The monoisotopic (exact) mass is 240 g/mol. The number of rotatable bonds is 3. The van der Waals surface area contributed by atoms with Gasteiger partial charge in [-0.05, 0) is 51.6 Å². The minimum Gasteiger partial charge on any atom is -0.389 e. The van der Waals surface area contributed by atoms with E-state index in [1.807, 2.05) is 0 Å². The first-order chi connectivity index (χ1) is 8.09. The van der Waals surface area contributed by atoms with Gasteiger partial charge in [-0.15, -0.1) is 0 Å². The summed E-state index contributed by atoms with van der Waals surface area (Å²) in [5.74, 6) is 0.687. The Labute approximate surface area is 105 Å². The van der Waals surface area contributed by atoms with Crippen molar-refractivity contribution in [3.63, 3.8) is 0 Å². The van der Waals surface area contributed by atoms with Crippen LogP contribution < -0.4 is 5.73 Å². The molecule has 0 spiro atoms. The van der Waals surface area contributed by atoms with E-state index in [1.54, 1.807) is 0 Å². The normalized spacial score (nSPS) is 29.1. The van der Waals surface area contributed by atoms with Gasteiger partial charge in [0, 0.05) is 12.6 Å². The lowest BCUT2D eigenvalue weighted by atomic mass is 9.83. The minimum atomic E-state index is -0.389. The van der Waals surface area contributed by atoms with Crippen molar-refractivity contribution in [2.45, 2.75) is 63.5 Å². The van der Waals surface area contributed by atoms with Gasteiger partial charge in [-0.25, -0.2) is 0 Å². The molecule has 1 saturated heterocycles. The Bertz CT molecular complexity index is 228. The van der Waals surface area contributed by atoms with E-state index in [2.05, 4.69) is 11.8 Å². The van der Waals surface area contributed by atoms with Crippen LogP contribution in [0.15, 0.2) is 0 Å². The van der Waals surface area contributed by atoms with E-state index < -0.39 is 0 Å². The van der Waals surface area contributed by atoms with Crippen molar-refractivity contribution in [3.8, 4) is 0 Å². The second kappa shape index (κ2) is 5.68. The van der Waals surface area contributed by atoms with Crippen LogP contribution in [0.2, 0.25) is 0 Å². The molecule has 17 heavy (non-hydrogen) atoms. The molecular formula is C14H28N2O. The second-order valence-electron chi connectivity index (χ2n) is 6.26. The first kappa shape index (κ1) is 13.3. The van der Waals surface area contributed by atoms with E-state index in [0.29, 0.717) is 12.0 Å². The summed E-state index contributed by atoms with van der Waals surface area (Å²) >= 11 is 0. The maximum absolute atomic E-state index is 10.5. The van der Waals surface area contributed by atoms with Crippen molar-refractivity contribution in [3.05, 3.63) is 0 Å². The number of aliphatic hydroxyl groups is 1. The van der Waals surface area contributed by atoms with Gasteiger partial charge in [0.25, 0.3) is 0 Å². The van der Waals surface area contributed by atoms with E-state index in [-0.39, 0.29) is 5.60 Å². The summed E-state index contributed by atoms with van der Waals surface area (Å²) in [5, 5.41) is 10.5. The molecule has 2 aliphatic rings. The number of piperidine rings is 1. The van der Waals surface area contributed by atoms with E-state index in [0.717, 1.165) is 32.5 Å². The molecule has 1 heterocycles. The van der Waals surface area contributed by atoms with Crippen LogP contribution in [0.3, 0.4) is 0 Å². The highest BCUT2D eigenvalue weighted by Crippen LogP contribution is 2.30. The summed E-state index contributed by atoms with van der Waals surface area (Å²) in [4.78, 5) is 2.45. The van der Waals surface area contributed by atoms with Crippen molar-refractivity contribution >= 4 is 0 Å². The van der Waals surface area contributed by atoms with Gasteiger partial charge in [-0.1, -0.05) is 19.3 Å². The van der Waals surface area contributed by atoms with Gasteiger partial charge in [-0.3, -0.25) is 0 Å². The Morgan fingerprint density at radius 3 is 2.35 bits per heavy atom. The van der Waals surface area contributed by atoms with Gasteiger partial charge >= 0.3 is 0 Å². The zero-order chi connectivity index (χ0) is 12.3. The highest BCUT2D eigenvalue weighted by molar-refractivity contribution is 4.87. The van der Waals surface area contributed by atoms with Gasteiger partial charge in [0.15, 0.2) is 0 Å². The molecule has 3 N–H and O–H groups in total. The fourth-order valence-electron chi connectivity index (χ4n) is 3.42. The van der Waals surface area contributed by atoms with Crippen LogP contribution in [0.1, 0.15) is 51.9 Å². The fraction of sp³-hybridized carbons (Fsp3) is 1.00. The Balaban J connectivity index is 1.77. The van der Waals surface area contributed by atoms with Crippen molar-refractivity contribution in [2.24, 2.45) is 11.7 Å². The van der Waals surface area contributed by atoms with Crippen LogP contribution in [-0.4, -0.2) is 41.3 Å². The van der Waals surface area contributed by atoms with E-state index in [4.69, 9.17) is 5.73 Å². The number of nitrogens with zero attached hydrogens (tertiary/aromatic N) is 1. The molecule has 0 radical (unpaired) electrons. The predicted molar refractivity (Wildman–Crippen MR) is 70.8 cm³/mol. The molecule has 100 valence electrons. The van der Waals surface area contributed by atoms with Crippen LogP contribution >= 0.6 is 0 Å².